The van der Waals surface area contributed by atoms with E-state index in [1.54, 1.807) is 13.2 Å². The minimum Gasteiger partial charge on any atom is -0.376 e. The van der Waals surface area contributed by atoms with Crippen molar-refractivity contribution in [2.45, 2.75) is 43.9 Å². The molecule has 2 saturated heterocycles. The normalized spacial score (nSPS) is 21.6. The summed E-state index contributed by atoms with van der Waals surface area (Å²) in [5, 5.41) is 9.12. The molecule has 3 N–H and O–H groups in total. The van der Waals surface area contributed by atoms with Crippen LogP contribution in [0.4, 0.5) is 0 Å². The summed E-state index contributed by atoms with van der Waals surface area (Å²) in [6.07, 6.45) is 3.46. The summed E-state index contributed by atoms with van der Waals surface area (Å²) in [6, 6.07) is 7.32. The zero-order chi connectivity index (χ0) is 19.1. The Bertz CT molecular complexity index is 652. The van der Waals surface area contributed by atoms with Crippen LogP contribution in [0.25, 0.3) is 0 Å². The number of nitrogens with one attached hydrogen (secondary N) is 3. The van der Waals surface area contributed by atoms with E-state index in [4.69, 9.17) is 9.47 Å². The topological polar surface area (TPSA) is 88.7 Å². The second-order valence-corrected chi connectivity index (χ2v) is 7.18. The highest BCUT2D eigenvalue weighted by atomic mass is 16.5. The van der Waals surface area contributed by atoms with Gasteiger partial charge < -0.3 is 25.4 Å². The van der Waals surface area contributed by atoms with E-state index in [-0.39, 0.29) is 17.9 Å². The minimum absolute atomic E-state index is 0.0975. The van der Waals surface area contributed by atoms with Crippen molar-refractivity contribution in [1.82, 2.24) is 16.0 Å². The highest BCUT2D eigenvalue weighted by Crippen LogP contribution is 2.22. The molecule has 0 aromatic heterocycles. The molecule has 7 nitrogen and oxygen atoms in total. The summed E-state index contributed by atoms with van der Waals surface area (Å²) in [5.41, 5.74) is 0.706. The number of rotatable bonds is 7. The maximum Gasteiger partial charge on any atom is 0.252 e. The Morgan fingerprint density at radius 1 is 1.30 bits per heavy atom. The molecule has 2 aliphatic heterocycles. The molecule has 7 heteroatoms. The highest BCUT2D eigenvalue weighted by molar-refractivity contribution is 5.94. The van der Waals surface area contributed by atoms with Crippen molar-refractivity contribution in [2.75, 3.05) is 33.4 Å². The monoisotopic (exact) mass is 375 g/mol. The standard InChI is InChI=1S/C20H29N3O4/c1-26-20(7-9-21-10-8-20)19(25)23-13-15-4-2-5-16(12-15)18(24)22-14-17-6-3-11-27-17/h2,4-5,12,17,21H,3,6-11,13-14H2,1H3,(H,22,24)(H,23,25). The van der Waals surface area contributed by atoms with Gasteiger partial charge in [-0.3, -0.25) is 9.59 Å². The van der Waals surface area contributed by atoms with E-state index in [2.05, 4.69) is 16.0 Å². The van der Waals surface area contributed by atoms with E-state index >= 15 is 0 Å². The van der Waals surface area contributed by atoms with Gasteiger partial charge in [0.2, 0.25) is 0 Å². The van der Waals surface area contributed by atoms with Crippen LogP contribution in [-0.4, -0.2) is 56.9 Å². The number of benzene rings is 1. The zero-order valence-electron chi connectivity index (χ0n) is 15.9. The number of amides is 2. The van der Waals surface area contributed by atoms with Crippen LogP contribution in [0.1, 0.15) is 41.6 Å². The first-order valence-electron chi connectivity index (χ1n) is 9.66. The van der Waals surface area contributed by atoms with Crippen molar-refractivity contribution < 1.29 is 19.1 Å². The third-order valence-corrected chi connectivity index (χ3v) is 5.37. The molecule has 1 unspecified atom stereocenters. The van der Waals surface area contributed by atoms with Gasteiger partial charge in [-0.15, -0.1) is 0 Å². The van der Waals surface area contributed by atoms with Crippen LogP contribution in [-0.2, 0) is 20.8 Å². The molecular weight excluding hydrogens is 346 g/mol. The van der Waals surface area contributed by atoms with Crippen LogP contribution < -0.4 is 16.0 Å². The quantitative estimate of drug-likeness (QED) is 0.661. The Balaban J connectivity index is 1.53. The second-order valence-electron chi connectivity index (χ2n) is 7.18. The Hall–Kier alpha value is -1.96. The summed E-state index contributed by atoms with van der Waals surface area (Å²) in [7, 11) is 1.59. The Kier molecular flexibility index (Phi) is 6.82. The molecule has 2 heterocycles. The fraction of sp³-hybridized carbons (Fsp3) is 0.600. The predicted molar refractivity (Wildman–Crippen MR) is 101 cm³/mol. The smallest absolute Gasteiger partial charge is 0.252 e. The number of piperidine rings is 1. The zero-order valence-corrected chi connectivity index (χ0v) is 15.9. The van der Waals surface area contributed by atoms with Gasteiger partial charge in [-0.2, -0.15) is 0 Å². The number of carbonyl (C=O) groups excluding carboxylic acids is 2. The fourth-order valence-electron chi connectivity index (χ4n) is 3.63. The molecule has 1 aromatic carbocycles. The Labute approximate surface area is 160 Å². The molecule has 148 valence electrons. The second kappa shape index (κ2) is 9.30. The van der Waals surface area contributed by atoms with Gasteiger partial charge in [-0.1, -0.05) is 12.1 Å². The molecule has 2 amide bonds. The van der Waals surface area contributed by atoms with Gasteiger partial charge in [0, 0.05) is 32.4 Å². The first-order chi connectivity index (χ1) is 13.1. The van der Waals surface area contributed by atoms with Gasteiger partial charge in [0.05, 0.1) is 6.10 Å². The molecule has 3 rings (SSSR count). The minimum atomic E-state index is -0.762. The summed E-state index contributed by atoms with van der Waals surface area (Å²) in [5.74, 6) is -0.217. The molecule has 27 heavy (non-hydrogen) atoms. The SMILES string of the molecule is COC1(C(=O)NCc2cccc(C(=O)NCC3CCCO3)c2)CCNCC1. The van der Waals surface area contributed by atoms with Crippen molar-refractivity contribution in [2.24, 2.45) is 0 Å². The van der Waals surface area contributed by atoms with Crippen molar-refractivity contribution >= 4 is 11.8 Å². The fourth-order valence-corrected chi connectivity index (χ4v) is 3.63. The van der Waals surface area contributed by atoms with Gasteiger partial charge in [0.15, 0.2) is 0 Å². The van der Waals surface area contributed by atoms with E-state index in [0.29, 0.717) is 31.5 Å². The summed E-state index contributed by atoms with van der Waals surface area (Å²) < 4.78 is 11.1. The lowest BCUT2D eigenvalue weighted by atomic mass is 9.91. The van der Waals surface area contributed by atoms with Gasteiger partial charge in [0.1, 0.15) is 5.60 Å². The average molecular weight is 375 g/mol. The van der Waals surface area contributed by atoms with E-state index < -0.39 is 5.60 Å². The average Bonchev–Trinajstić information content (AvgIpc) is 3.24. The van der Waals surface area contributed by atoms with E-state index in [0.717, 1.165) is 38.1 Å². The van der Waals surface area contributed by atoms with Crippen LogP contribution in [0.15, 0.2) is 24.3 Å². The number of hydrogen-bond donors (Lipinski definition) is 3. The number of ether oxygens (including phenoxy) is 2. The van der Waals surface area contributed by atoms with E-state index in [1.165, 1.54) is 0 Å². The lowest BCUT2D eigenvalue weighted by Crippen LogP contribution is -2.53. The van der Waals surface area contributed by atoms with Crippen LogP contribution in [0, 0.1) is 0 Å². The molecule has 2 fully saturated rings. The maximum atomic E-state index is 12.6. The molecule has 0 saturated carbocycles. The molecule has 1 atom stereocenters. The van der Waals surface area contributed by atoms with Crippen LogP contribution in [0.2, 0.25) is 0 Å². The molecule has 1 aromatic rings. The van der Waals surface area contributed by atoms with Crippen LogP contribution >= 0.6 is 0 Å². The van der Waals surface area contributed by atoms with Crippen LogP contribution in [0.5, 0.6) is 0 Å². The molecule has 2 aliphatic rings. The first-order valence-corrected chi connectivity index (χ1v) is 9.66. The third kappa shape index (κ3) is 5.06. The van der Waals surface area contributed by atoms with Gasteiger partial charge in [0.25, 0.3) is 11.8 Å². The summed E-state index contributed by atoms with van der Waals surface area (Å²) in [4.78, 5) is 25.0. The lowest BCUT2D eigenvalue weighted by molar-refractivity contribution is -0.146. The Morgan fingerprint density at radius 3 is 2.81 bits per heavy atom. The molecule has 0 radical (unpaired) electrons. The van der Waals surface area contributed by atoms with Gasteiger partial charge >= 0.3 is 0 Å². The lowest BCUT2D eigenvalue weighted by Gasteiger charge is -2.34. The number of hydrogen-bond acceptors (Lipinski definition) is 5. The van der Waals surface area contributed by atoms with Crippen molar-refractivity contribution in [1.29, 1.82) is 0 Å². The first kappa shape index (κ1) is 19.8. The summed E-state index contributed by atoms with van der Waals surface area (Å²) >= 11 is 0. The summed E-state index contributed by atoms with van der Waals surface area (Å²) in [6.45, 7) is 3.20. The highest BCUT2D eigenvalue weighted by Gasteiger charge is 2.39. The Morgan fingerprint density at radius 2 is 2.11 bits per heavy atom. The van der Waals surface area contributed by atoms with E-state index in [1.807, 2.05) is 18.2 Å². The van der Waals surface area contributed by atoms with Gasteiger partial charge in [-0.05, 0) is 56.5 Å². The molecule has 0 spiro atoms. The maximum absolute atomic E-state index is 12.6. The van der Waals surface area contributed by atoms with Crippen molar-refractivity contribution in [3.8, 4) is 0 Å². The van der Waals surface area contributed by atoms with Crippen molar-refractivity contribution in [3.63, 3.8) is 0 Å². The van der Waals surface area contributed by atoms with E-state index in [9.17, 15) is 9.59 Å². The molecule has 0 aliphatic carbocycles. The molecule has 0 bridgehead atoms. The predicted octanol–water partition coefficient (Wildman–Crippen LogP) is 0.980. The number of methoxy groups -OCH3 is 1. The third-order valence-electron chi connectivity index (χ3n) is 5.37. The van der Waals surface area contributed by atoms with Gasteiger partial charge in [-0.25, -0.2) is 0 Å². The number of carbonyl (C=O) groups is 2. The molecular formula is C20H29N3O4. The van der Waals surface area contributed by atoms with Crippen molar-refractivity contribution in [3.05, 3.63) is 35.4 Å². The van der Waals surface area contributed by atoms with Crippen LogP contribution in [0.3, 0.4) is 0 Å². The largest absolute Gasteiger partial charge is 0.376 e.